The summed E-state index contributed by atoms with van der Waals surface area (Å²) in [7, 11) is -4.04. The van der Waals surface area contributed by atoms with Gasteiger partial charge in [0.05, 0.1) is 4.90 Å². The summed E-state index contributed by atoms with van der Waals surface area (Å²) in [5, 5.41) is 9.23. The molecule has 29 heavy (non-hydrogen) atoms. The molecule has 2 aromatic rings. The number of nitrogens with zero attached hydrogens (tertiary/aromatic N) is 1. The van der Waals surface area contributed by atoms with E-state index >= 15 is 0 Å². The summed E-state index contributed by atoms with van der Waals surface area (Å²) in [6.07, 6.45) is 1.90. The number of piperidine rings is 1. The number of likely N-dealkylation sites (tertiary alicyclic amines) is 1. The SMILES string of the molecule is C=CCN1CCC(C(=O)NO)(S(=O)(=O)c2ccc(Oc3ccccc3)cc2)CC1. The van der Waals surface area contributed by atoms with E-state index in [1.165, 1.54) is 12.1 Å². The molecule has 1 fully saturated rings. The molecule has 0 spiro atoms. The van der Waals surface area contributed by atoms with E-state index < -0.39 is 20.5 Å². The fourth-order valence-electron chi connectivity index (χ4n) is 3.54. The highest BCUT2D eigenvalue weighted by atomic mass is 32.2. The van der Waals surface area contributed by atoms with Crippen LogP contribution in [0.4, 0.5) is 0 Å². The Hall–Kier alpha value is -2.68. The number of benzene rings is 2. The van der Waals surface area contributed by atoms with Crippen molar-refractivity contribution >= 4 is 15.7 Å². The molecule has 1 aliphatic rings. The van der Waals surface area contributed by atoms with Gasteiger partial charge in [0.1, 0.15) is 11.5 Å². The van der Waals surface area contributed by atoms with Crippen molar-refractivity contribution in [2.24, 2.45) is 0 Å². The summed E-state index contributed by atoms with van der Waals surface area (Å²) in [4.78, 5) is 14.5. The second-order valence-corrected chi connectivity index (χ2v) is 9.17. The van der Waals surface area contributed by atoms with Gasteiger partial charge in [0.15, 0.2) is 14.6 Å². The van der Waals surface area contributed by atoms with Gasteiger partial charge in [0, 0.05) is 19.6 Å². The van der Waals surface area contributed by atoms with Crippen molar-refractivity contribution < 1.29 is 23.2 Å². The van der Waals surface area contributed by atoms with E-state index in [9.17, 15) is 18.4 Å². The van der Waals surface area contributed by atoms with Gasteiger partial charge in [-0.25, -0.2) is 13.9 Å². The van der Waals surface area contributed by atoms with Crippen LogP contribution in [-0.2, 0) is 14.6 Å². The Labute approximate surface area is 170 Å². The number of para-hydroxylation sites is 1. The van der Waals surface area contributed by atoms with Crippen molar-refractivity contribution in [2.45, 2.75) is 22.5 Å². The minimum Gasteiger partial charge on any atom is -0.457 e. The predicted octanol–water partition coefficient (Wildman–Crippen LogP) is 2.78. The average molecular weight is 416 g/mol. The molecule has 0 unspecified atom stereocenters. The van der Waals surface area contributed by atoms with Gasteiger partial charge in [-0.05, 0) is 49.2 Å². The zero-order valence-corrected chi connectivity index (χ0v) is 16.8. The molecular formula is C21H24N2O5S. The van der Waals surface area contributed by atoms with Gasteiger partial charge in [-0.2, -0.15) is 0 Å². The van der Waals surface area contributed by atoms with E-state index in [1.807, 2.05) is 23.1 Å². The fraction of sp³-hybridized carbons (Fsp3) is 0.286. The zero-order valence-electron chi connectivity index (χ0n) is 16.0. The van der Waals surface area contributed by atoms with Crippen LogP contribution < -0.4 is 10.2 Å². The largest absolute Gasteiger partial charge is 0.457 e. The van der Waals surface area contributed by atoms with E-state index in [-0.39, 0.29) is 17.7 Å². The van der Waals surface area contributed by atoms with Crippen LogP contribution in [0.3, 0.4) is 0 Å². The Morgan fingerprint density at radius 3 is 2.24 bits per heavy atom. The number of nitrogens with one attached hydrogen (secondary N) is 1. The monoisotopic (exact) mass is 416 g/mol. The number of sulfone groups is 1. The lowest BCUT2D eigenvalue weighted by atomic mass is 9.95. The first-order valence-electron chi connectivity index (χ1n) is 9.28. The highest BCUT2D eigenvalue weighted by molar-refractivity contribution is 7.93. The maximum atomic E-state index is 13.4. The van der Waals surface area contributed by atoms with Gasteiger partial charge < -0.3 is 4.74 Å². The Bertz CT molecular complexity index is 950. The molecule has 2 aromatic carbocycles. The number of carbonyl (C=O) groups excluding carboxylic acids is 1. The lowest BCUT2D eigenvalue weighted by Gasteiger charge is -2.39. The first-order valence-corrected chi connectivity index (χ1v) is 10.8. The molecule has 0 bridgehead atoms. The molecule has 1 amide bonds. The second kappa shape index (κ2) is 8.77. The molecule has 154 valence electrons. The zero-order chi connectivity index (χ0) is 20.9. The summed E-state index contributed by atoms with van der Waals surface area (Å²) in [5.74, 6) is 0.214. The minimum absolute atomic E-state index is 0.0127. The molecule has 0 atom stereocenters. The highest BCUT2D eigenvalue weighted by Gasteiger charge is 2.52. The Balaban J connectivity index is 1.86. The van der Waals surface area contributed by atoms with Crippen LogP contribution in [0.2, 0.25) is 0 Å². The van der Waals surface area contributed by atoms with Gasteiger partial charge in [-0.15, -0.1) is 6.58 Å². The van der Waals surface area contributed by atoms with Crippen LogP contribution in [0, 0.1) is 0 Å². The van der Waals surface area contributed by atoms with Crippen LogP contribution in [0.1, 0.15) is 12.8 Å². The third-order valence-electron chi connectivity index (χ3n) is 5.19. The smallest absolute Gasteiger partial charge is 0.265 e. The number of amides is 1. The third-order valence-corrected chi connectivity index (χ3v) is 7.71. The molecule has 0 aliphatic carbocycles. The van der Waals surface area contributed by atoms with Crippen LogP contribution in [-0.4, -0.2) is 48.8 Å². The van der Waals surface area contributed by atoms with Crippen LogP contribution in [0.15, 0.2) is 72.1 Å². The van der Waals surface area contributed by atoms with Crippen molar-refractivity contribution in [1.29, 1.82) is 0 Å². The van der Waals surface area contributed by atoms with Crippen molar-refractivity contribution in [3.63, 3.8) is 0 Å². The fourth-order valence-corrected chi connectivity index (χ4v) is 5.49. The molecule has 0 saturated carbocycles. The second-order valence-electron chi connectivity index (χ2n) is 6.91. The first kappa shape index (κ1) is 21.0. The van der Waals surface area contributed by atoms with E-state index in [4.69, 9.17) is 4.74 Å². The summed E-state index contributed by atoms with van der Waals surface area (Å²) in [6, 6.07) is 15.1. The molecule has 1 saturated heterocycles. The Morgan fingerprint density at radius 1 is 1.10 bits per heavy atom. The molecule has 1 aliphatic heterocycles. The summed E-state index contributed by atoms with van der Waals surface area (Å²) in [5.41, 5.74) is 1.56. The lowest BCUT2D eigenvalue weighted by molar-refractivity contribution is -0.133. The molecule has 3 rings (SSSR count). The minimum atomic E-state index is -4.04. The van der Waals surface area contributed by atoms with Crippen molar-refractivity contribution in [3.05, 3.63) is 67.3 Å². The third kappa shape index (κ3) is 4.19. The van der Waals surface area contributed by atoms with Crippen LogP contribution in [0.5, 0.6) is 11.5 Å². The molecule has 7 nitrogen and oxygen atoms in total. The Kier molecular flexibility index (Phi) is 6.36. The van der Waals surface area contributed by atoms with Crippen LogP contribution >= 0.6 is 0 Å². The van der Waals surface area contributed by atoms with E-state index in [0.717, 1.165) is 0 Å². The summed E-state index contributed by atoms with van der Waals surface area (Å²) < 4.78 is 30.8. The number of hydrogen-bond acceptors (Lipinski definition) is 6. The predicted molar refractivity (Wildman–Crippen MR) is 109 cm³/mol. The maximum Gasteiger partial charge on any atom is 0.265 e. The number of hydrogen-bond donors (Lipinski definition) is 2. The number of carbonyl (C=O) groups is 1. The molecule has 0 aromatic heterocycles. The van der Waals surface area contributed by atoms with Crippen molar-refractivity contribution in [3.8, 4) is 11.5 Å². The van der Waals surface area contributed by atoms with Gasteiger partial charge in [0.2, 0.25) is 0 Å². The number of ether oxygens (including phenoxy) is 1. The Morgan fingerprint density at radius 2 is 1.69 bits per heavy atom. The summed E-state index contributed by atoms with van der Waals surface area (Å²) in [6.45, 7) is 5.12. The van der Waals surface area contributed by atoms with Gasteiger partial charge in [0.25, 0.3) is 5.91 Å². The van der Waals surface area contributed by atoms with E-state index in [0.29, 0.717) is 31.1 Å². The van der Waals surface area contributed by atoms with E-state index in [2.05, 4.69) is 6.58 Å². The van der Waals surface area contributed by atoms with Gasteiger partial charge in [-0.3, -0.25) is 14.9 Å². The normalized spacial score (nSPS) is 16.7. The molecular weight excluding hydrogens is 392 g/mol. The molecule has 1 heterocycles. The average Bonchev–Trinajstić information content (AvgIpc) is 2.75. The number of rotatable bonds is 7. The molecule has 0 radical (unpaired) electrons. The standard InChI is InChI=1S/C21H24N2O5S/c1-2-14-23-15-12-21(13-16-23,20(24)22-25)29(26,27)19-10-8-18(9-11-19)28-17-6-4-3-5-7-17/h2-11,25H,1,12-16H2,(H,22,24). The summed E-state index contributed by atoms with van der Waals surface area (Å²) >= 11 is 0. The van der Waals surface area contributed by atoms with Gasteiger partial charge in [-0.1, -0.05) is 24.3 Å². The molecule has 2 N–H and O–H groups in total. The van der Waals surface area contributed by atoms with Crippen LogP contribution in [0.25, 0.3) is 0 Å². The van der Waals surface area contributed by atoms with Crippen molar-refractivity contribution in [2.75, 3.05) is 19.6 Å². The van der Waals surface area contributed by atoms with E-state index in [1.54, 1.807) is 35.8 Å². The molecule has 8 heteroatoms. The highest BCUT2D eigenvalue weighted by Crippen LogP contribution is 2.36. The maximum absolute atomic E-state index is 13.4. The first-order chi connectivity index (χ1) is 13.9. The number of hydroxylamine groups is 1. The topological polar surface area (TPSA) is 95.9 Å². The quantitative estimate of drug-likeness (QED) is 0.409. The lowest BCUT2D eigenvalue weighted by Crippen LogP contribution is -2.57. The van der Waals surface area contributed by atoms with Gasteiger partial charge >= 0.3 is 0 Å². The van der Waals surface area contributed by atoms with Crippen molar-refractivity contribution in [1.82, 2.24) is 10.4 Å².